The van der Waals surface area contributed by atoms with Gasteiger partial charge < -0.3 is 15.7 Å². The summed E-state index contributed by atoms with van der Waals surface area (Å²) in [5, 5.41) is 14.4. The van der Waals surface area contributed by atoms with Crippen molar-refractivity contribution in [2.75, 3.05) is 6.54 Å². The van der Waals surface area contributed by atoms with Crippen LogP contribution in [0.1, 0.15) is 23.2 Å². The van der Waals surface area contributed by atoms with Gasteiger partial charge in [0.2, 0.25) is 5.91 Å². The lowest BCUT2D eigenvalue weighted by molar-refractivity contribution is -0.120. The second-order valence-electron chi connectivity index (χ2n) is 3.96. The molecule has 2 rings (SSSR count). The number of amides is 2. The summed E-state index contributed by atoms with van der Waals surface area (Å²) in [7, 11) is 0. The summed E-state index contributed by atoms with van der Waals surface area (Å²) < 4.78 is 0. The van der Waals surface area contributed by atoms with Crippen LogP contribution in [0.25, 0.3) is 0 Å². The summed E-state index contributed by atoms with van der Waals surface area (Å²) in [5.74, 6) is -0.714. The van der Waals surface area contributed by atoms with Crippen LogP contribution in [-0.2, 0) is 4.79 Å². The minimum atomic E-state index is -0.431. The maximum absolute atomic E-state index is 11.6. The molecule has 1 aromatic rings. The Morgan fingerprint density at radius 1 is 1.41 bits per heavy atom. The highest BCUT2D eigenvalue weighted by Gasteiger charge is 2.23. The maximum atomic E-state index is 11.6. The highest BCUT2D eigenvalue weighted by Crippen LogP contribution is 2.18. The van der Waals surface area contributed by atoms with Crippen LogP contribution < -0.4 is 10.6 Å². The van der Waals surface area contributed by atoms with Gasteiger partial charge in [0.15, 0.2) is 0 Å². The molecule has 1 aliphatic rings. The molecule has 17 heavy (non-hydrogen) atoms. The van der Waals surface area contributed by atoms with E-state index in [1.807, 2.05) is 0 Å². The van der Waals surface area contributed by atoms with E-state index in [0.29, 0.717) is 0 Å². The van der Waals surface area contributed by atoms with Crippen molar-refractivity contribution in [3.05, 3.63) is 24.0 Å². The molecule has 1 aromatic heterocycles. The summed E-state index contributed by atoms with van der Waals surface area (Å²) in [6.07, 6.45) is 4.58. The molecule has 0 atom stereocenters. The van der Waals surface area contributed by atoms with E-state index in [0.717, 1.165) is 12.8 Å². The van der Waals surface area contributed by atoms with Crippen LogP contribution in [0.15, 0.2) is 18.5 Å². The van der Waals surface area contributed by atoms with Crippen molar-refractivity contribution in [3.63, 3.8) is 0 Å². The van der Waals surface area contributed by atoms with E-state index in [-0.39, 0.29) is 29.8 Å². The molecule has 6 nitrogen and oxygen atoms in total. The molecule has 0 aliphatic heterocycles. The standard InChI is InChI=1S/C11H13N3O3/c15-9-3-7(4-12-5-9)11(17)13-6-10(16)14-8-1-2-8/h3-5,8,15H,1-2,6H2,(H,13,17)(H,14,16). The van der Waals surface area contributed by atoms with Gasteiger partial charge in [-0.25, -0.2) is 0 Å². The van der Waals surface area contributed by atoms with E-state index in [9.17, 15) is 9.59 Å². The average molecular weight is 235 g/mol. The first kappa shape index (κ1) is 11.4. The SMILES string of the molecule is O=C(CNC(=O)c1cncc(O)c1)NC1CC1. The third-order valence-electron chi connectivity index (χ3n) is 2.34. The predicted molar refractivity (Wildman–Crippen MR) is 59.4 cm³/mol. The number of nitrogens with zero attached hydrogens (tertiary/aromatic N) is 1. The Morgan fingerprint density at radius 3 is 2.82 bits per heavy atom. The number of nitrogens with one attached hydrogen (secondary N) is 2. The van der Waals surface area contributed by atoms with Gasteiger partial charge in [-0.15, -0.1) is 0 Å². The van der Waals surface area contributed by atoms with Crippen LogP contribution >= 0.6 is 0 Å². The molecule has 3 N–H and O–H groups in total. The summed E-state index contributed by atoms with van der Waals surface area (Å²) in [5.41, 5.74) is 0.226. The number of hydrogen-bond acceptors (Lipinski definition) is 4. The Hall–Kier alpha value is -2.11. The van der Waals surface area contributed by atoms with Crippen molar-refractivity contribution in [2.45, 2.75) is 18.9 Å². The van der Waals surface area contributed by atoms with E-state index in [1.165, 1.54) is 18.5 Å². The minimum Gasteiger partial charge on any atom is -0.506 e. The van der Waals surface area contributed by atoms with Crippen molar-refractivity contribution in [3.8, 4) is 5.75 Å². The Kier molecular flexibility index (Phi) is 3.22. The number of aromatic hydroxyl groups is 1. The Labute approximate surface area is 98.1 Å². The predicted octanol–water partition coefficient (Wildman–Crippen LogP) is -0.204. The monoisotopic (exact) mass is 235 g/mol. The van der Waals surface area contributed by atoms with Gasteiger partial charge in [0.1, 0.15) is 5.75 Å². The Balaban J connectivity index is 1.82. The normalized spacial score (nSPS) is 14.1. The fraction of sp³-hybridized carbons (Fsp3) is 0.364. The molecule has 2 amide bonds. The number of pyridine rings is 1. The smallest absolute Gasteiger partial charge is 0.253 e. The fourth-order valence-electron chi connectivity index (χ4n) is 1.32. The van der Waals surface area contributed by atoms with Crippen LogP contribution in [0.4, 0.5) is 0 Å². The van der Waals surface area contributed by atoms with E-state index in [4.69, 9.17) is 5.11 Å². The van der Waals surface area contributed by atoms with Crippen LogP contribution in [0, 0.1) is 0 Å². The van der Waals surface area contributed by atoms with Gasteiger partial charge in [0.05, 0.1) is 18.3 Å². The molecule has 0 unspecified atom stereocenters. The number of rotatable bonds is 4. The largest absolute Gasteiger partial charge is 0.506 e. The average Bonchev–Trinajstić information content (AvgIpc) is 3.10. The van der Waals surface area contributed by atoms with Gasteiger partial charge in [0.25, 0.3) is 5.91 Å². The first-order chi connectivity index (χ1) is 8.15. The molecule has 90 valence electrons. The van der Waals surface area contributed by atoms with Gasteiger partial charge in [-0.05, 0) is 18.9 Å². The lowest BCUT2D eigenvalue weighted by Crippen LogP contribution is -2.37. The van der Waals surface area contributed by atoms with Crippen LogP contribution in [-0.4, -0.2) is 34.5 Å². The third-order valence-corrected chi connectivity index (χ3v) is 2.34. The van der Waals surface area contributed by atoms with Gasteiger partial charge >= 0.3 is 0 Å². The zero-order valence-electron chi connectivity index (χ0n) is 9.14. The highest BCUT2D eigenvalue weighted by atomic mass is 16.3. The molecule has 0 spiro atoms. The maximum Gasteiger partial charge on any atom is 0.253 e. The molecular weight excluding hydrogens is 222 g/mol. The van der Waals surface area contributed by atoms with Gasteiger partial charge in [-0.2, -0.15) is 0 Å². The summed E-state index contributed by atoms with van der Waals surface area (Å²) >= 11 is 0. The first-order valence-corrected chi connectivity index (χ1v) is 5.37. The molecule has 1 heterocycles. The van der Waals surface area contributed by atoms with Crippen molar-refractivity contribution in [2.24, 2.45) is 0 Å². The number of hydrogen-bond donors (Lipinski definition) is 3. The van der Waals surface area contributed by atoms with Gasteiger partial charge in [-0.1, -0.05) is 0 Å². The lowest BCUT2D eigenvalue weighted by atomic mass is 10.2. The quantitative estimate of drug-likeness (QED) is 0.673. The Morgan fingerprint density at radius 2 is 2.18 bits per heavy atom. The fourth-order valence-corrected chi connectivity index (χ4v) is 1.32. The topological polar surface area (TPSA) is 91.3 Å². The van der Waals surface area contributed by atoms with Crippen LogP contribution in [0.3, 0.4) is 0 Å². The van der Waals surface area contributed by atoms with Crippen LogP contribution in [0.2, 0.25) is 0 Å². The second kappa shape index (κ2) is 4.82. The number of carbonyl (C=O) groups is 2. The zero-order chi connectivity index (χ0) is 12.3. The molecule has 1 aliphatic carbocycles. The molecule has 6 heteroatoms. The van der Waals surface area contributed by atoms with Crippen molar-refractivity contribution < 1.29 is 14.7 Å². The van der Waals surface area contributed by atoms with E-state index in [1.54, 1.807) is 0 Å². The van der Waals surface area contributed by atoms with Gasteiger partial charge in [-0.3, -0.25) is 14.6 Å². The van der Waals surface area contributed by atoms with Crippen molar-refractivity contribution in [1.29, 1.82) is 0 Å². The highest BCUT2D eigenvalue weighted by molar-refractivity contribution is 5.96. The summed E-state index contributed by atoms with van der Waals surface area (Å²) in [4.78, 5) is 26.5. The molecule has 0 aromatic carbocycles. The number of carbonyl (C=O) groups excluding carboxylic acids is 2. The lowest BCUT2D eigenvalue weighted by Gasteiger charge is -2.05. The summed E-state index contributed by atoms with van der Waals surface area (Å²) in [6.45, 7) is -0.0645. The van der Waals surface area contributed by atoms with E-state index >= 15 is 0 Å². The molecule has 0 saturated heterocycles. The number of aromatic nitrogens is 1. The molecule has 1 fully saturated rings. The van der Waals surface area contributed by atoms with Crippen molar-refractivity contribution in [1.82, 2.24) is 15.6 Å². The Bertz CT molecular complexity index is 443. The first-order valence-electron chi connectivity index (χ1n) is 5.37. The van der Waals surface area contributed by atoms with E-state index in [2.05, 4.69) is 15.6 Å². The minimum absolute atomic E-state index is 0.0645. The molecule has 1 saturated carbocycles. The molecule has 0 radical (unpaired) electrons. The molecular formula is C11H13N3O3. The zero-order valence-corrected chi connectivity index (χ0v) is 9.14. The van der Waals surface area contributed by atoms with Gasteiger partial charge in [0, 0.05) is 12.2 Å². The third kappa shape index (κ3) is 3.44. The molecule has 0 bridgehead atoms. The second-order valence-corrected chi connectivity index (χ2v) is 3.96. The van der Waals surface area contributed by atoms with Crippen LogP contribution in [0.5, 0.6) is 5.75 Å². The van der Waals surface area contributed by atoms with Crippen molar-refractivity contribution >= 4 is 11.8 Å². The van der Waals surface area contributed by atoms with E-state index < -0.39 is 5.91 Å². The summed E-state index contributed by atoms with van der Waals surface area (Å²) in [6, 6.07) is 1.57.